The molecule has 0 saturated heterocycles. The van der Waals surface area contributed by atoms with Gasteiger partial charge in [0.15, 0.2) is 0 Å². The molecule has 2 N–H and O–H groups in total. The Bertz CT molecular complexity index is 489. The maximum atomic E-state index is 11.6. The Labute approximate surface area is 104 Å². The minimum Gasteiger partial charge on any atom is -0.462 e. The second kappa shape index (κ2) is 5.14. The highest BCUT2D eigenvalue weighted by Gasteiger charge is 2.17. The van der Waals surface area contributed by atoms with Gasteiger partial charge in [-0.05, 0) is 18.6 Å². The van der Waals surface area contributed by atoms with Crippen LogP contribution in [0.2, 0.25) is 0 Å². The van der Waals surface area contributed by atoms with Crippen molar-refractivity contribution in [1.82, 2.24) is 0 Å². The van der Waals surface area contributed by atoms with Crippen LogP contribution in [0, 0.1) is 0 Å². The maximum absolute atomic E-state index is 11.6. The second-order valence-electron chi connectivity index (χ2n) is 3.60. The number of dihydropyridines is 1. The van der Waals surface area contributed by atoms with Crippen molar-refractivity contribution in [1.29, 1.82) is 0 Å². The van der Waals surface area contributed by atoms with Gasteiger partial charge in [0.05, 0.1) is 18.7 Å². The Kier molecular flexibility index (Phi) is 3.58. The standard InChI is InChI=1S/C12H14N2O2S/c1-2-16-12(15)9-6-10(17-11(9)13)8-4-3-5-14-7-8/h4-6H,2-3,7,13H2,1H3. The number of allylic oxidation sites excluding steroid dienone is 1. The van der Waals surface area contributed by atoms with Crippen molar-refractivity contribution < 1.29 is 9.53 Å². The van der Waals surface area contributed by atoms with Crippen molar-refractivity contribution in [3.8, 4) is 0 Å². The van der Waals surface area contributed by atoms with Crippen molar-refractivity contribution >= 4 is 34.1 Å². The molecule has 4 nitrogen and oxygen atoms in total. The lowest BCUT2D eigenvalue weighted by Crippen LogP contribution is -2.05. The molecular weight excluding hydrogens is 236 g/mol. The third-order valence-corrected chi connectivity index (χ3v) is 3.47. The van der Waals surface area contributed by atoms with Gasteiger partial charge < -0.3 is 10.5 Å². The summed E-state index contributed by atoms with van der Waals surface area (Å²) in [6, 6.07) is 1.80. The minimum absolute atomic E-state index is 0.354. The van der Waals surface area contributed by atoms with Crippen molar-refractivity contribution in [2.45, 2.75) is 13.3 Å². The molecule has 2 rings (SSSR count). The fourth-order valence-electron chi connectivity index (χ4n) is 1.61. The number of anilines is 1. The van der Waals surface area contributed by atoms with Crippen LogP contribution in [-0.2, 0) is 4.74 Å². The number of carbonyl (C=O) groups is 1. The Balaban J connectivity index is 2.24. The minimum atomic E-state index is -0.354. The van der Waals surface area contributed by atoms with Gasteiger partial charge in [-0.3, -0.25) is 4.99 Å². The van der Waals surface area contributed by atoms with Gasteiger partial charge in [0.2, 0.25) is 0 Å². The molecule has 0 amide bonds. The number of thiophene rings is 1. The van der Waals surface area contributed by atoms with Crippen LogP contribution in [-0.4, -0.2) is 25.3 Å². The molecule has 0 aromatic carbocycles. The lowest BCUT2D eigenvalue weighted by Gasteiger charge is -2.04. The van der Waals surface area contributed by atoms with Crippen molar-refractivity contribution in [3.05, 3.63) is 22.6 Å². The van der Waals surface area contributed by atoms with E-state index < -0.39 is 0 Å². The zero-order valence-corrected chi connectivity index (χ0v) is 10.4. The summed E-state index contributed by atoms with van der Waals surface area (Å²) in [7, 11) is 0. The number of nitrogens with zero attached hydrogens (tertiary/aromatic N) is 1. The van der Waals surface area contributed by atoms with Gasteiger partial charge in [-0.2, -0.15) is 0 Å². The number of rotatable bonds is 3. The number of nitrogen functional groups attached to an aromatic ring is 1. The topological polar surface area (TPSA) is 64.7 Å². The normalized spacial score (nSPS) is 14.5. The second-order valence-corrected chi connectivity index (χ2v) is 4.68. The van der Waals surface area contributed by atoms with E-state index in [1.54, 1.807) is 13.0 Å². The maximum Gasteiger partial charge on any atom is 0.341 e. The first-order valence-corrected chi connectivity index (χ1v) is 6.28. The number of aliphatic imine (C=N–C) groups is 1. The van der Waals surface area contributed by atoms with Crippen LogP contribution in [0.4, 0.5) is 5.00 Å². The van der Waals surface area contributed by atoms with E-state index in [0.717, 1.165) is 16.9 Å². The molecule has 5 heteroatoms. The van der Waals surface area contributed by atoms with Gasteiger partial charge in [0.25, 0.3) is 0 Å². The average molecular weight is 250 g/mol. The molecule has 1 aromatic rings. The van der Waals surface area contributed by atoms with Crippen LogP contribution in [0.15, 0.2) is 17.1 Å². The first-order chi connectivity index (χ1) is 8.22. The molecule has 0 radical (unpaired) electrons. The summed E-state index contributed by atoms with van der Waals surface area (Å²) in [4.78, 5) is 16.8. The Hall–Kier alpha value is -1.62. The van der Waals surface area contributed by atoms with E-state index in [1.165, 1.54) is 11.3 Å². The summed E-state index contributed by atoms with van der Waals surface area (Å²) in [5.41, 5.74) is 7.42. The van der Waals surface area contributed by atoms with Gasteiger partial charge in [-0.15, -0.1) is 11.3 Å². The Morgan fingerprint density at radius 1 is 1.65 bits per heavy atom. The molecule has 90 valence electrons. The number of nitrogens with two attached hydrogens (primary N) is 1. The first kappa shape index (κ1) is 11.9. The number of carbonyl (C=O) groups excluding carboxylic acids is 1. The van der Waals surface area contributed by atoms with E-state index in [4.69, 9.17) is 10.5 Å². The molecule has 0 aliphatic carbocycles. The number of esters is 1. The average Bonchev–Trinajstić information content (AvgIpc) is 2.73. The van der Waals surface area contributed by atoms with Crippen LogP contribution in [0.5, 0.6) is 0 Å². The molecule has 0 bridgehead atoms. The number of hydrogen-bond donors (Lipinski definition) is 1. The van der Waals surface area contributed by atoms with Gasteiger partial charge in [-0.25, -0.2) is 4.79 Å². The van der Waals surface area contributed by atoms with E-state index in [9.17, 15) is 4.79 Å². The molecule has 0 atom stereocenters. The summed E-state index contributed by atoms with van der Waals surface area (Å²) in [5, 5.41) is 0.508. The quantitative estimate of drug-likeness (QED) is 0.837. The highest BCUT2D eigenvalue weighted by atomic mass is 32.1. The van der Waals surface area contributed by atoms with Crippen LogP contribution in [0.1, 0.15) is 28.6 Å². The zero-order valence-electron chi connectivity index (χ0n) is 9.60. The number of ether oxygens (including phenoxy) is 1. The fourth-order valence-corrected chi connectivity index (χ4v) is 2.55. The molecule has 17 heavy (non-hydrogen) atoms. The van der Waals surface area contributed by atoms with Crippen molar-refractivity contribution in [3.63, 3.8) is 0 Å². The van der Waals surface area contributed by atoms with E-state index in [-0.39, 0.29) is 5.97 Å². The third kappa shape index (κ3) is 2.55. The molecule has 0 saturated carbocycles. The third-order valence-electron chi connectivity index (χ3n) is 2.43. The predicted octanol–water partition coefficient (Wildman–Crippen LogP) is 2.36. The van der Waals surface area contributed by atoms with Crippen molar-refractivity contribution in [2.24, 2.45) is 4.99 Å². The van der Waals surface area contributed by atoms with Gasteiger partial charge >= 0.3 is 5.97 Å². The van der Waals surface area contributed by atoms with Crippen molar-refractivity contribution in [2.75, 3.05) is 18.9 Å². The van der Waals surface area contributed by atoms with Gasteiger partial charge in [0.1, 0.15) is 5.00 Å². The largest absolute Gasteiger partial charge is 0.462 e. The molecule has 1 aliphatic rings. The predicted molar refractivity (Wildman–Crippen MR) is 70.6 cm³/mol. The lowest BCUT2D eigenvalue weighted by molar-refractivity contribution is 0.0528. The zero-order chi connectivity index (χ0) is 12.3. The van der Waals surface area contributed by atoms with Crippen LogP contribution in [0.3, 0.4) is 0 Å². The lowest BCUT2D eigenvalue weighted by atomic mass is 10.1. The molecule has 2 heterocycles. The summed E-state index contributed by atoms with van der Waals surface area (Å²) in [5.74, 6) is -0.354. The van der Waals surface area contributed by atoms with E-state index in [0.29, 0.717) is 23.7 Å². The smallest absolute Gasteiger partial charge is 0.341 e. The number of hydrogen-bond acceptors (Lipinski definition) is 5. The molecule has 0 spiro atoms. The van der Waals surface area contributed by atoms with Crippen LogP contribution >= 0.6 is 11.3 Å². The Morgan fingerprint density at radius 3 is 3.12 bits per heavy atom. The van der Waals surface area contributed by atoms with Crippen LogP contribution in [0.25, 0.3) is 5.57 Å². The molecule has 0 fully saturated rings. The summed E-state index contributed by atoms with van der Waals surface area (Å²) in [6.45, 7) is 2.79. The first-order valence-electron chi connectivity index (χ1n) is 5.46. The van der Waals surface area contributed by atoms with E-state index in [1.807, 2.05) is 6.21 Å². The molecular formula is C12H14N2O2S. The van der Waals surface area contributed by atoms with Crippen LogP contribution < -0.4 is 5.73 Å². The highest BCUT2D eigenvalue weighted by Crippen LogP contribution is 2.31. The van der Waals surface area contributed by atoms with E-state index in [2.05, 4.69) is 11.1 Å². The summed E-state index contributed by atoms with van der Waals surface area (Å²) >= 11 is 1.41. The molecule has 0 unspecified atom stereocenters. The molecule has 1 aliphatic heterocycles. The Morgan fingerprint density at radius 2 is 2.47 bits per heavy atom. The fraction of sp³-hybridized carbons (Fsp3) is 0.333. The van der Waals surface area contributed by atoms with E-state index >= 15 is 0 Å². The summed E-state index contributed by atoms with van der Waals surface area (Å²) in [6.07, 6.45) is 4.82. The highest BCUT2D eigenvalue weighted by molar-refractivity contribution is 7.17. The molecule has 1 aromatic heterocycles. The summed E-state index contributed by atoms with van der Waals surface area (Å²) < 4.78 is 4.95. The van der Waals surface area contributed by atoms with Gasteiger partial charge in [-0.1, -0.05) is 6.08 Å². The monoisotopic (exact) mass is 250 g/mol. The van der Waals surface area contributed by atoms with Gasteiger partial charge in [0, 0.05) is 17.5 Å². The SMILES string of the molecule is CCOC(=O)c1cc(C2=CCC=NC2)sc1N.